The number of ether oxygens (including phenoxy) is 1. The second kappa shape index (κ2) is 8.73. The maximum absolute atomic E-state index is 12.6. The molecule has 0 saturated heterocycles. The van der Waals surface area contributed by atoms with Crippen LogP contribution in [0.5, 0.6) is 0 Å². The van der Waals surface area contributed by atoms with Crippen molar-refractivity contribution in [3.63, 3.8) is 0 Å². The van der Waals surface area contributed by atoms with Crippen LogP contribution < -0.4 is 0 Å². The first-order valence-corrected chi connectivity index (χ1v) is 9.56. The van der Waals surface area contributed by atoms with Crippen LogP contribution in [0.2, 0.25) is 0 Å². The van der Waals surface area contributed by atoms with Crippen LogP contribution in [-0.2, 0) is 29.8 Å². The van der Waals surface area contributed by atoms with E-state index in [1.807, 2.05) is 0 Å². The van der Waals surface area contributed by atoms with Gasteiger partial charge in [0.05, 0.1) is 31.3 Å². The van der Waals surface area contributed by atoms with Crippen LogP contribution in [0.3, 0.4) is 0 Å². The zero-order valence-electron chi connectivity index (χ0n) is 12.4. The van der Waals surface area contributed by atoms with Crippen molar-refractivity contribution in [1.29, 1.82) is 0 Å². The van der Waals surface area contributed by atoms with Gasteiger partial charge in [-0.25, -0.2) is 4.79 Å². The minimum atomic E-state index is -3.32. The minimum absolute atomic E-state index is 0.0275. The molecule has 0 amide bonds. The number of halogens is 1. The Morgan fingerprint density at radius 2 is 1.86 bits per heavy atom. The second-order valence-corrected chi connectivity index (χ2v) is 6.62. The van der Waals surface area contributed by atoms with Gasteiger partial charge in [-0.3, -0.25) is 4.57 Å². The maximum atomic E-state index is 12.6. The Bertz CT molecular complexity index is 503. The van der Waals surface area contributed by atoms with Gasteiger partial charge in [0.15, 0.2) is 0 Å². The lowest BCUT2D eigenvalue weighted by molar-refractivity contribution is 0.0524. The number of alkyl halides is 1. The monoisotopic (exact) mass is 382 g/mol. The summed E-state index contributed by atoms with van der Waals surface area (Å²) in [6.45, 7) is 5.95. The van der Waals surface area contributed by atoms with E-state index < -0.39 is 13.6 Å². The number of furan rings is 1. The predicted molar refractivity (Wildman–Crippen MR) is 81.9 cm³/mol. The van der Waals surface area contributed by atoms with Gasteiger partial charge in [-0.1, -0.05) is 15.9 Å². The van der Waals surface area contributed by atoms with Gasteiger partial charge in [0.2, 0.25) is 0 Å². The molecule has 1 aromatic rings. The van der Waals surface area contributed by atoms with E-state index in [2.05, 4.69) is 15.9 Å². The molecule has 120 valence electrons. The lowest BCUT2D eigenvalue weighted by atomic mass is 10.2. The number of esters is 1. The molecule has 0 aliphatic heterocycles. The van der Waals surface area contributed by atoms with Crippen molar-refractivity contribution >= 4 is 29.5 Å². The summed E-state index contributed by atoms with van der Waals surface area (Å²) in [7, 11) is -3.32. The van der Waals surface area contributed by atoms with Crippen LogP contribution in [0, 0.1) is 0 Å². The largest absolute Gasteiger partial charge is 0.467 e. The van der Waals surface area contributed by atoms with Crippen LogP contribution in [0.4, 0.5) is 0 Å². The lowest BCUT2D eigenvalue weighted by Gasteiger charge is -2.17. The first kappa shape index (κ1) is 18.4. The number of rotatable bonds is 9. The van der Waals surface area contributed by atoms with Crippen LogP contribution >= 0.6 is 23.5 Å². The zero-order valence-corrected chi connectivity index (χ0v) is 14.9. The van der Waals surface area contributed by atoms with Crippen LogP contribution in [0.15, 0.2) is 10.7 Å². The number of hydrogen-bond donors (Lipinski definition) is 0. The van der Waals surface area contributed by atoms with E-state index >= 15 is 0 Å². The number of carbonyl (C=O) groups excluding carboxylic acids is 1. The van der Waals surface area contributed by atoms with Crippen molar-refractivity contribution in [3.8, 4) is 0 Å². The lowest BCUT2D eigenvalue weighted by Crippen LogP contribution is -2.08. The first-order chi connectivity index (χ1) is 10.0. The van der Waals surface area contributed by atoms with Crippen molar-refractivity contribution < 1.29 is 27.6 Å². The summed E-state index contributed by atoms with van der Waals surface area (Å²) in [5.41, 5.74) is 0.751. The molecule has 0 spiro atoms. The fraction of sp³-hybridized carbons (Fsp3) is 0.615. The first-order valence-electron chi connectivity index (χ1n) is 6.71. The molecule has 1 aromatic heterocycles. The molecule has 1 rings (SSSR count). The fourth-order valence-corrected chi connectivity index (χ4v) is 4.05. The molecule has 1 heterocycles. The second-order valence-electron chi connectivity index (χ2n) is 4.01. The van der Waals surface area contributed by atoms with E-state index in [1.54, 1.807) is 20.8 Å². The summed E-state index contributed by atoms with van der Waals surface area (Å²) in [6.07, 6.45) is 1.28. The normalized spacial score (nSPS) is 11.6. The number of hydrogen-bond acceptors (Lipinski definition) is 6. The molecular weight excluding hydrogens is 363 g/mol. The average Bonchev–Trinajstić information content (AvgIpc) is 2.82. The Hall–Kier alpha value is -0.620. The molecule has 6 nitrogen and oxygen atoms in total. The van der Waals surface area contributed by atoms with E-state index in [0.717, 1.165) is 0 Å². The smallest absolute Gasteiger partial charge is 0.341 e. The summed E-state index contributed by atoms with van der Waals surface area (Å²) >= 11 is 3.28. The molecule has 0 unspecified atom stereocenters. The molecule has 0 N–H and O–H groups in total. The van der Waals surface area contributed by atoms with Crippen LogP contribution in [0.25, 0.3) is 0 Å². The van der Waals surface area contributed by atoms with Gasteiger partial charge in [0.25, 0.3) is 0 Å². The van der Waals surface area contributed by atoms with Crippen molar-refractivity contribution in [3.05, 3.63) is 23.2 Å². The fourth-order valence-electron chi connectivity index (χ4n) is 1.80. The predicted octanol–water partition coefficient (Wildman–Crippen LogP) is 4.12. The standard InChI is InChI=1S/C13H20BrO6P/c1-4-17-13(15)10-8-18-12(7-14)11(10)9-21(16,19-5-2)20-6-3/h8H,4-7,9H2,1-3H3. The maximum Gasteiger partial charge on any atom is 0.341 e. The minimum Gasteiger partial charge on any atom is -0.467 e. The molecule has 0 saturated carbocycles. The van der Waals surface area contributed by atoms with Gasteiger partial charge in [-0.05, 0) is 20.8 Å². The van der Waals surface area contributed by atoms with Gasteiger partial charge in [-0.2, -0.15) is 0 Å². The SMILES string of the molecule is CCOC(=O)c1coc(CBr)c1CP(=O)(OCC)OCC. The summed E-state index contributed by atoms with van der Waals surface area (Å²) in [4.78, 5) is 11.9. The van der Waals surface area contributed by atoms with Crippen molar-refractivity contribution in [2.75, 3.05) is 19.8 Å². The van der Waals surface area contributed by atoms with E-state index in [0.29, 0.717) is 16.7 Å². The average molecular weight is 383 g/mol. The highest BCUT2D eigenvalue weighted by molar-refractivity contribution is 9.08. The third-order valence-corrected chi connectivity index (χ3v) is 5.12. The Morgan fingerprint density at radius 3 is 2.33 bits per heavy atom. The van der Waals surface area contributed by atoms with E-state index in [9.17, 15) is 9.36 Å². The summed E-state index contributed by atoms with van der Waals surface area (Å²) in [5.74, 6) is 0.000631. The van der Waals surface area contributed by atoms with E-state index in [-0.39, 0.29) is 31.5 Å². The molecule has 0 bridgehead atoms. The van der Waals surface area contributed by atoms with Crippen molar-refractivity contribution in [1.82, 2.24) is 0 Å². The van der Waals surface area contributed by atoms with Crippen molar-refractivity contribution in [2.24, 2.45) is 0 Å². The summed E-state index contributed by atoms with van der Waals surface area (Å²) in [6, 6.07) is 0. The Morgan fingerprint density at radius 1 is 1.24 bits per heavy atom. The van der Waals surface area contributed by atoms with Crippen LogP contribution in [-0.4, -0.2) is 25.8 Å². The van der Waals surface area contributed by atoms with E-state index in [1.165, 1.54) is 6.26 Å². The molecule has 21 heavy (non-hydrogen) atoms. The van der Waals surface area contributed by atoms with Gasteiger partial charge in [-0.15, -0.1) is 0 Å². The Balaban J connectivity index is 3.11. The molecule has 0 atom stereocenters. The third kappa shape index (κ3) is 4.95. The quantitative estimate of drug-likeness (QED) is 0.363. The van der Waals surface area contributed by atoms with Gasteiger partial charge in [0, 0.05) is 5.56 Å². The molecule has 0 radical (unpaired) electrons. The van der Waals surface area contributed by atoms with Gasteiger partial charge in [0.1, 0.15) is 17.6 Å². The van der Waals surface area contributed by atoms with Gasteiger partial charge < -0.3 is 18.2 Å². The zero-order chi connectivity index (χ0) is 15.9. The summed E-state index contributed by atoms with van der Waals surface area (Å²) < 4.78 is 33.5. The molecular formula is C13H20BrO6P. The van der Waals surface area contributed by atoms with Gasteiger partial charge >= 0.3 is 13.6 Å². The molecule has 8 heteroatoms. The molecule has 0 aliphatic carbocycles. The van der Waals surface area contributed by atoms with Crippen molar-refractivity contribution in [2.45, 2.75) is 32.3 Å². The molecule has 0 aliphatic rings. The highest BCUT2D eigenvalue weighted by atomic mass is 79.9. The summed E-state index contributed by atoms with van der Waals surface area (Å²) in [5, 5.41) is 0.389. The Labute approximate surface area is 132 Å². The molecule has 0 fully saturated rings. The molecule has 0 aromatic carbocycles. The highest BCUT2D eigenvalue weighted by Gasteiger charge is 2.30. The van der Waals surface area contributed by atoms with E-state index in [4.69, 9.17) is 18.2 Å². The third-order valence-electron chi connectivity index (χ3n) is 2.60. The van der Waals surface area contributed by atoms with Crippen LogP contribution in [0.1, 0.15) is 42.5 Å². The Kier molecular flexibility index (Phi) is 7.66. The highest BCUT2D eigenvalue weighted by Crippen LogP contribution is 2.52. The number of carbonyl (C=O) groups is 1. The topological polar surface area (TPSA) is 75.0 Å².